The second kappa shape index (κ2) is 11.5. The van der Waals surface area contributed by atoms with Gasteiger partial charge in [0, 0.05) is 5.02 Å². The zero-order chi connectivity index (χ0) is 25.4. The Kier molecular flexibility index (Phi) is 8.45. The van der Waals surface area contributed by atoms with Crippen LogP contribution in [0.1, 0.15) is 15.9 Å². The summed E-state index contributed by atoms with van der Waals surface area (Å²) in [5.74, 6) is -0.956. The van der Waals surface area contributed by atoms with E-state index in [2.05, 4.69) is 15.3 Å². The van der Waals surface area contributed by atoms with Crippen molar-refractivity contribution in [2.45, 2.75) is 4.90 Å². The minimum absolute atomic E-state index is 0.0102. The van der Waals surface area contributed by atoms with E-state index in [4.69, 9.17) is 16.3 Å². The highest BCUT2D eigenvalue weighted by Gasteiger charge is 2.29. The lowest BCUT2D eigenvalue weighted by Crippen LogP contribution is -2.39. The van der Waals surface area contributed by atoms with Crippen molar-refractivity contribution in [1.82, 2.24) is 5.43 Å². The molecule has 0 unspecified atom stereocenters. The second-order valence-electron chi connectivity index (χ2n) is 7.05. The Morgan fingerprint density at radius 2 is 1.71 bits per heavy atom. The molecule has 0 spiro atoms. The Morgan fingerprint density at radius 3 is 2.34 bits per heavy atom. The number of ether oxygens (including phenoxy) is 2. The summed E-state index contributed by atoms with van der Waals surface area (Å²) in [5.41, 5.74) is 3.38. The number of esters is 1. The number of benzene rings is 3. The molecule has 0 aliphatic carbocycles. The van der Waals surface area contributed by atoms with Crippen molar-refractivity contribution >= 4 is 45.4 Å². The Balaban J connectivity index is 1.84. The maximum atomic E-state index is 13.4. The lowest BCUT2D eigenvalue weighted by atomic mass is 10.1. The minimum atomic E-state index is -4.15. The largest absolute Gasteiger partial charge is 0.495 e. The molecule has 3 aromatic carbocycles. The molecule has 0 heterocycles. The summed E-state index contributed by atoms with van der Waals surface area (Å²) in [7, 11) is -1.48. The average molecular weight is 516 g/mol. The van der Waals surface area contributed by atoms with Gasteiger partial charge in [-0.25, -0.2) is 18.6 Å². The van der Waals surface area contributed by atoms with Crippen molar-refractivity contribution < 1.29 is 27.5 Å². The van der Waals surface area contributed by atoms with Gasteiger partial charge in [-0.1, -0.05) is 41.9 Å². The molecule has 9 nitrogen and oxygen atoms in total. The molecule has 3 aromatic rings. The van der Waals surface area contributed by atoms with Crippen LogP contribution in [0.2, 0.25) is 5.02 Å². The van der Waals surface area contributed by atoms with Crippen LogP contribution in [0.4, 0.5) is 5.69 Å². The number of sulfonamides is 1. The Labute approximate surface area is 208 Å². The van der Waals surface area contributed by atoms with E-state index in [0.717, 1.165) is 4.31 Å². The third-order valence-electron chi connectivity index (χ3n) is 4.76. The van der Waals surface area contributed by atoms with Crippen LogP contribution in [-0.2, 0) is 19.6 Å². The summed E-state index contributed by atoms with van der Waals surface area (Å²) in [4.78, 5) is 24.2. The number of hydrogen-bond acceptors (Lipinski definition) is 7. The molecule has 35 heavy (non-hydrogen) atoms. The molecule has 0 aliphatic rings. The number of methoxy groups -OCH3 is 2. The van der Waals surface area contributed by atoms with Crippen molar-refractivity contribution in [3.05, 3.63) is 88.9 Å². The molecule has 3 rings (SSSR count). The van der Waals surface area contributed by atoms with Gasteiger partial charge in [0.2, 0.25) is 0 Å². The maximum absolute atomic E-state index is 13.4. The monoisotopic (exact) mass is 515 g/mol. The molecule has 0 aromatic heterocycles. The lowest BCUT2D eigenvalue weighted by Gasteiger charge is -2.25. The first-order chi connectivity index (χ1) is 16.8. The lowest BCUT2D eigenvalue weighted by molar-refractivity contribution is -0.119. The van der Waals surface area contributed by atoms with Gasteiger partial charge in [-0.3, -0.25) is 9.10 Å². The van der Waals surface area contributed by atoms with E-state index in [-0.39, 0.29) is 21.4 Å². The van der Waals surface area contributed by atoms with Crippen LogP contribution in [0.15, 0.2) is 82.8 Å². The molecule has 0 fully saturated rings. The smallest absolute Gasteiger partial charge is 0.337 e. The first-order valence-corrected chi connectivity index (χ1v) is 12.0. The van der Waals surface area contributed by atoms with Crippen LogP contribution in [0.5, 0.6) is 5.75 Å². The van der Waals surface area contributed by atoms with Crippen molar-refractivity contribution in [2.24, 2.45) is 5.10 Å². The van der Waals surface area contributed by atoms with Crippen molar-refractivity contribution in [3.63, 3.8) is 0 Å². The van der Waals surface area contributed by atoms with Gasteiger partial charge in [0.25, 0.3) is 15.9 Å². The summed E-state index contributed by atoms with van der Waals surface area (Å²) < 4.78 is 37.7. The van der Waals surface area contributed by atoms with Crippen molar-refractivity contribution in [3.8, 4) is 5.75 Å². The van der Waals surface area contributed by atoms with Crippen molar-refractivity contribution in [2.75, 3.05) is 25.1 Å². The number of amides is 1. The number of anilines is 1. The molecule has 0 bridgehead atoms. The molecule has 182 valence electrons. The standard InChI is InChI=1S/C24H22ClN3O6S/c1-33-22-13-12-19(25)14-21(22)28(35(31,32)20-6-4-3-5-7-20)16-23(29)27-26-15-17-8-10-18(11-9-17)24(30)34-2/h3-15H,16H2,1-2H3,(H,27,29)/b26-15+. The zero-order valence-electron chi connectivity index (χ0n) is 18.8. The van der Waals surface area contributed by atoms with E-state index in [1.807, 2.05) is 0 Å². The molecular weight excluding hydrogens is 494 g/mol. The van der Waals surface area contributed by atoms with Crippen LogP contribution in [0, 0.1) is 0 Å². The normalized spacial score (nSPS) is 11.2. The summed E-state index contributed by atoms with van der Waals surface area (Å²) in [6.45, 7) is -0.591. The first-order valence-electron chi connectivity index (χ1n) is 10.2. The predicted molar refractivity (Wildman–Crippen MR) is 132 cm³/mol. The second-order valence-corrected chi connectivity index (χ2v) is 9.35. The van der Waals surface area contributed by atoms with E-state index >= 15 is 0 Å². The van der Waals surface area contributed by atoms with Gasteiger partial charge in [0.1, 0.15) is 12.3 Å². The first kappa shape index (κ1) is 25.7. The molecular formula is C24H22ClN3O6S. The van der Waals surface area contributed by atoms with Gasteiger partial charge < -0.3 is 9.47 Å². The molecule has 1 amide bonds. The van der Waals surface area contributed by atoms with Crippen molar-refractivity contribution in [1.29, 1.82) is 0 Å². The highest BCUT2D eigenvalue weighted by Crippen LogP contribution is 2.34. The van der Waals surface area contributed by atoms with Crippen LogP contribution < -0.4 is 14.5 Å². The topological polar surface area (TPSA) is 114 Å². The summed E-state index contributed by atoms with van der Waals surface area (Å²) >= 11 is 6.11. The fourth-order valence-corrected chi connectivity index (χ4v) is 4.66. The number of rotatable bonds is 9. The van der Waals surface area contributed by atoms with Crippen LogP contribution in [0.3, 0.4) is 0 Å². The molecule has 1 N–H and O–H groups in total. The summed E-state index contributed by atoms with van der Waals surface area (Å²) in [6, 6.07) is 18.5. The predicted octanol–water partition coefficient (Wildman–Crippen LogP) is 3.48. The van der Waals surface area contributed by atoms with Crippen LogP contribution in [0.25, 0.3) is 0 Å². The third-order valence-corrected chi connectivity index (χ3v) is 6.77. The maximum Gasteiger partial charge on any atom is 0.337 e. The highest BCUT2D eigenvalue weighted by molar-refractivity contribution is 7.92. The Bertz CT molecular complexity index is 1330. The number of hydrazone groups is 1. The van der Waals surface area contributed by atoms with Gasteiger partial charge >= 0.3 is 5.97 Å². The van der Waals surface area contributed by atoms with Crippen LogP contribution in [-0.4, -0.2) is 47.3 Å². The SMILES string of the molecule is COC(=O)c1ccc(/C=N/NC(=O)CN(c2cc(Cl)ccc2OC)S(=O)(=O)c2ccccc2)cc1. The fraction of sp³-hybridized carbons (Fsp3) is 0.125. The zero-order valence-corrected chi connectivity index (χ0v) is 20.4. The highest BCUT2D eigenvalue weighted by atomic mass is 35.5. The molecule has 0 saturated heterocycles. The van der Waals surface area contributed by atoms with Crippen LogP contribution >= 0.6 is 11.6 Å². The molecule has 0 aliphatic heterocycles. The Hall–Kier alpha value is -3.89. The quantitative estimate of drug-likeness (QED) is 0.265. The fourth-order valence-electron chi connectivity index (χ4n) is 3.05. The number of halogens is 1. The average Bonchev–Trinajstić information content (AvgIpc) is 2.87. The number of nitrogens with zero attached hydrogens (tertiary/aromatic N) is 2. The third kappa shape index (κ3) is 6.37. The molecule has 0 radical (unpaired) electrons. The van der Waals surface area contributed by atoms with E-state index in [9.17, 15) is 18.0 Å². The molecule has 0 atom stereocenters. The van der Waals surface area contributed by atoms with E-state index in [0.29, 0.717) is 11.1 Å². The van der Waals surface area contributed by atoms with Gasteiger partial charge in [0.15, 0.2) is 0 Å². The summed E-state index contributed by atoms with van der Waals surface area (Å²) in [6.07, 6.45) is 1.36. The van der Waals surface area contributed by atoms with Gasteiger partial charge in [0.05, 0.1) is 36.6 Å². The Morgan fingerprint density at radius 1 is 1.03 bits per heavy atom. The number of carbonyl (C=O) groups excluding carboxylic acids is 2. The van der Waals surface area contributed by atoms with E-state index < -0.39 is 28.4 Å². The van der Waals surface area contributed by atoms with E-state index in [1.54, 1.807) is 48.5 Å². The summed E-state index contributed by atoms with van der Waals surface area (Å²) in [5, 5.41) is 4.14. The number of hydrogen-bond donors (Lipinski definition) is 1. The van der Waals surface area contributed by atoms with Gasteiger partial charge in [-0.15, -0.1) is 0 Å². The molecule has 0 saturated carbocycles. The minimum Gasteiger partial charge on any atom is -0.495 e. The van der Waals surface area contributed by atoms with E-state index in [1.165, 1.54) is 44.7 Å². The van der Waals surface area contributed by atoms with Gasteiger partial charge in [-0.05, 0) is 48.0 Å². The van der Waals surface area contributed by atoms with Gasteiger partial charge in [-0.2, -0.15) is 5.10 Å². The number of nitrogens with one attached hydrogen (secondary N) is 1. The molecule has 11 heteroatoms. The number of carbonyl (C=O) groups is 2.